The van der Waals surface area contributed by atoms with E-state index in [2.05, 4.69) is 32.2 Å². The number of nitrogens with zero attached hydrogens (tertiary/aromatic N) is 6. The lowest BCUT2D eigenvalue weighted by molar-refractivity contribution is 0.621. The number of anilines is 3. The Bertz CT molecular complexity index is 934. The van der Waals surface area contributed by atoms with Gasteiger partial charge in [0.2, 0.25) is 0 Å². The van der Waals surface area contributed by atoms with Gasteiger partial charge in [0.25, 0.3) is 0 Å². The van der Waals surface area contributed by atoms with Crippen LogP contribution in [0.1, 0.15) is 17.1 Å². The van der Waals surface area contributed by atoms with Crippen LogP contribution in [0.2, 0.25) is 0 Å². The van der Waals surface area contributed by atoms with E-state index in [1.54, 1.807) is 11.3 Å². The van der Waals surface area contributed by atoms with Gasteiger partial charge in [0.05, 0.1) is 16.8 Å². The second-order valence-electron chi connectivity index (χ2n) is 6.61. The molecule has 4 heterocycles. The Labute approximate surface area is 151 Å². The molecule has 1 aliphatic rings. The summed E-state index contributed by atoms with van der Waals surface area (Å²) in [5.41, 5.74) is 9.15. The topological polar surface area (TPSA) is 76.1 Å². The van der Waals surface area contributed by atoms with Gasteiger partial charge in [0, 0.05) is 33.2 Å². The van der Waals surface area contributed by atoms with E-state index in [0.717, 1.165) is 59.9 Å². The van der Waals surface area contributed by atoms with Gasteiger partial charge in [-0.05, 0) is 31.7 Å². The van der Waals surface area contributed by atoms with Gasteiger partial charge < -0.3 is 15.5 Å². The first-order chi connectivity index (χ1) is 12.0. The van der Waals surface area contributed by atoms with Crippen molar-refractivity contribution in [1.82, 2.24) is 19.7 Å². The standard InChI is InChI=1S/C17H23N7S/c1-10-9-25-16-13(10)15(19-12(3)20-16)23-5-7-24(8-6-23)17-14(18)11(2)21-22(17)4/h9H,5-8,18H2,1-4H3. The molecule has 1 saturated heterocycles. The molecule has 0 radical (unpaired) electrons. The monoisotopic (exact) mass is 357 g/mol. The van der Waals surface area contributed by atoms with Crippen molar-refractivity contribution < 1.29 is 0 Å². The lowest BCUT2D eigenvalue weighted by Gasteiger charge is -2.37. The van der Waals surface area contributed by atoms with Crippen molar-refractivity contribution in [2.75, 3.05) is 41.7 Å². The molecule has 0 amide bonds. The van der Waals surface area contributed by atoms with E-state index in [4.69, 9.17) is 10.7 Å². The van der Waals surface area contributed by atoms with Gasteiger partial charge in [-0.2, -0.15) is 5.10 Å². The molecule has 1 fully saturated rings. The zero-order valence-corrected chi connectivity index (χ0v) is 15.9. The van der Waals surface area contributed by atoms with E-state index in [9.17, 15) is 0 Å². The van der Waals surface area contributed by atoms with Crippen LogP contribution >= 0.6 is 11.3 Å². The maximum atomic E-state index is 6.22. The molecule has 7 nitrogen and oxygen atoms in total. The zero-order valence-electron chi connectivity index (χ0n) is 15.1. The van der Waals surface area contributed by atoms with Gasteiger partial charge in [-0.25, -0.2) is 9.97 Å². The lowest BCUT2D eigenvalue weighted by Crippen LogP contribution is -2.47. The summed E-state index contributed by atoms with van der Waals surface area (Å²) in [6, 6.07) is 0. The number of nitrogen functional groups attached to an aromatic ring is 1. The molecular weight excluding hydrogens is 334 g/mol. The molecule has 3 aromatic rings. The highest BCUT2D eigenvalue weighted by atomic mass is 32.1. The van der Waals surface area contributed by atoms with Crippen LogP contribution in [-0.2, 0) is 7.05 Å². The van der Waals surface area contributed by atoms with Crippen LogP contribution in [0.15, 0.2) is 5.38 Å². The van der Waals surface area contributed by atoms with Gasteiger partial charge in [0.15, 0.2) is 5.82 Å². The number of piperazine rings is 1. The first-order valence-corrected chi connectivity index (χ1v) is 9.35. The quantitative estimate of drug-likeness (QED) is 0.758. The molecule has 0 aromatic carbocycles. The van der Waals surface area contributed by atoms with Crippen LogP contribution < -0.4 is 15.5 Å². The van der Waals surface area contributed by atoms with Gasteiger partial charge >= 0.3 is 0 Å². The van der Waals surface area contributed by atoms with Crippen LogP contribution in [0.3, 0.4) is 0 Å². The predicted molar refractivity (Wildman–Crippen MR) is 104 cm³/mol. The third kappa shape index (κ3) is 2.60. The van der Waals surface area contributed by atoms with Crippen LogP contribution in [-0.4, -0.2) is 45.9 Å². The predicted octanol–water partition coefficient (Wildman–Crippen LogP) is 2.26. The average molecular weight is 357 g/mol. The minimum absolute atomic E-state index is 0.782. The number of aryl methyl sites for hydroxylation is 4. The first kappa shape index (κ1) is 16.1. The average Bonchev–Trinajstić information content (AvgIpc) is 3.07. The fourth-order valence-electron chi connectivity index (χ4n) is 3.56. The number of fused-ring (bicyclic) bond motifs is 1. The number of rotatable bonds is 2. The first-order valence-electron chi connectivity index (χ1n) is 8.47. The number of nitrogens with two attached hydrogens (primary N) is 1. The second-order valence-corrected chi connectivity index (χ2v) is 7.47. The van der Waals surface area contributed by atoms with E-state index in [0.29, 0.717) is 0 Å². The highest BCUT2D eigenvalue weighted by molar-refractivity contribution is 7.17. The number of thiophene rings is 1. The Morgan fingerprint density at radius 3 is 2.36 bits per heavy atom. The van der Waals surface area contributed by atoms with E-state index < -0.39 is 0 Å². The lowest BCUT2D eigenvalue weighted by atomic mass is 10.2. The fraction of sp³-hybridized carbons (Fsp3) is 0.471. The number of aromatic nitrogens is 4. The van der Waals surface area contributed by atoms with Crippen molar-refractivity contribution in [3.63, 3.8) is 0 Å². The molecule has 1 aliphatic heterocycles. The minimum Gasteiger partial charge on any atom is -0.394 e. The Balaban J connectivity index is 1.61. The second kappa shape index (κ2) is 5.87. The molecule has 0 bridgehead atoms. The molecule has 0 atom stereocenters. The summed E-state index contributed by atoms with van der Waals surface area (Å²) in [6.45, 7) is 9.67. The fourth-order valence-corrected chi connectivity index (χ4v) is 4.52. The molecule has 132 valence electrons. The normalized spacial score (nSPS) is 15.4. The molecule has 0 saturated carbocycles. The third-order valence-corrected chi connectivity index (χ3v) is 5.82. The van der Waals surface area contributed by atoms with E-state index >= 15 is 0 Å². The Kier molecular flexibility index (Phi) is 3.79. The molecular formula is C17H23N7S. The SMILES string of the molecule is Cc1nc(N2CCN(c3c(N)c(C)nn3C)CC2)c2c(C)csc2n1. The highest BCUT2D eigenvalue weighted by Crippen LogP contribution is 2.33. The van der Waals surface area contributed by atoms with E-state index in [1.807, 2.05) is 25.6 Å². The van der Waals surface area contributed by atoms with Gasteiger partial charge in [-0.1, -0.05) is 0 Å². The minimum atomic E-state index is 0.782. The number of hydrogen-bond donors (Lipinski definition) is 1. The summed E-state index contributed by atoms with van der Waals surface area (Å²) >= 11 is 1.69. The molecule has 8 heteroatoms. The molecule has 25 heavy (non-hydrogen) atoms. The van der Waals surface area contributed by atoms with Gasteiger partial charge in [-0.15, -0.1) is 11.3 Å². The van der Waals surface area contributed by atoms with Crippen molar-refractivity contribution >= 4 is 38.9 Å². The van der Waals surface area contributed by atoms with Crippen LogP contribution in [0.4, 0.5) is 17.3 Å². The third-order valence-electron chi connectivity index (χ3n) is 4.83. The summed E-state index contributed by atoms with van der Waals surface area (Å²) in [5.74, 6) is 2.92. The summed E-state index contributed by atoms with van der Waals surface area (Å²) < 4.78 is 1.89. The molecule has 0 unspecified atom stereocenters. The van der Waals surface area contributed by atoms with Crippen molar-refractivity contribution in [2.45, 2.75) is 20.8 Å². The van der Waals surface area contributed by atoms with Crippen molar-refractivity contribution in [3.05, 3.63) is 22.5 Å². The van der Waals surface area contributed by atoms with Crippen LogP contribution in [0.25, 0.3) is 10.2 Å². The maximum absolute atomic E-state index is 6.22. The largest absolute Gasteiger partial charge is 0.394 e. The van der Waals surface area contributed by atoms with Crippen LogP contribution in [0.5, 0.6) is 0 Å². The van der Waals surface area contributed by atoms with Gasteiger partial charge in [-0.3, -0.25) is 4.68 Å². The molecule has 0 spiro atoms. The maximum Gasteiger partial charge on any atom is 0.150 e. The van der Waals surface area contributed by atoms with Gasteiger partial charge in [0.1, 0.15) is 16.5 Å². The highest BCUT2D eigenvalue weighted by Gasteiger charge is 2.25. The van der Waals surface area contributed by atoms with Crippen LogP contribution in [0, 0.1) is 20.8 Å². The molecule has 3 aromatic heterocycles. The molecule has 4 rings (SSSR count). The van der Waals surface area contributed by atoms with Crippen molar-refractivity contribution in [2.24, 2.45) is 7.05 Å². The summed E-state index contributed by atoms with van der Waals surface area (Å²) in [7, 11) is 1.96. The van der Waals surface area contributed by atoms with Crippen molar-refractivity contribution in [1.29, 1.82) is 0 Å². The summed E-state index contributed by atoms with van der Waals surface area (Å²) in [6.07, 6.45) is 0. The summed E-state index contributed by atoms with van der Waals surface area (Å²) in [4.78, 5) is 15.1. The number of hydrogen-bond acceptors (Lipinski definition) is 7. The smallest absolute Gasteiger partial charge is 0.150 e. The van der Waals surface area contributed by atoms with E-state index in [1.165, 1.54) is 10.9 Å². The van der Waals surface area contributed by atoms with Crippen molar-refractivity contribution in [3.8, 4) is 0 Å². The molecule has 0 aliphatic carbocycles. The zero-order chi connectivity index (χ0) is 17.7. The molecule has 2 N–H and O–H groups in total. The Hall–Kier alpha value is -2.35. The Morgan fingerprint density at radius 2 is 1.72 bits per heavy atom. The summed E-state index contributed by atoms with van der Waals surface area (Å²) in [5, 5.41) is 7.80. The Morgan fingerprint density at radius 1 is 1.04 bits per heavy atom. The van der Waals surface area contributed by atoms with E-state index in [-0.39, 0.29) is 0 Å².